The van der Waals surface area contributed by atoms with Gasteiger partial charge in [-0.1, -0.05) is 42.5 Å². The molecule has 2 aromatic carbocycles. The molecule has 1 heterocycles. The summed E-state index contributed by atoms with van der Waals surface area (Å²) in [6, 6.07) is 15.1. The number of aromatic nitrogens is 1. The van der Waals surface area contributed by atoms with Crippen LogP contribution in [0.3, 0.4) is 0 Å². The van der Waals surface area contributed by atoms with Crippen molar-refractivity contribution in [1.82, 2.24) is 9.88 Å². The summed E-state index contributed by atoms with van der Waals surface area (Å²) in [6.07, 6.45) is 0. The van der Waals surface area contributed by atoms with Gasteiger partial charge in [-0.3, -0.25) is 4.90 Å². The molecule has 108 valence electrons. The van der Waals surface area contributed by atoms with Crippen LogP contribution in [-0.2, 0) is 6.54 Å². The zero-order valence-electron chi connectivity index (χ0n) is 12.1. The molecule has 3 nitrogen and oxygen atoms in total. The second-order valence-electron chi connectivity index (χ2n) is 5.21. The molecule has 1 atom stereocenters. The molecule has 0 aliphatic heterocycles. The minimum absolute atomic E-state index is 0.192. The van der Waals surface area contributed by atoms with Crippen molar-refractivity contribution in [3.8, 4) is 0 Å². The van der Waals surface area contributed by atoms with Crippen LogP contribution in [0.2, 0.25) is 0 Å². The first-order valence-electron chi connectivity index (χ1n) is 7.04. The zero-order valence-corrected chi connectivity index (χ0v) is 12.9. The molecule has 0 aliphatic carbocycles. The van der Waals surface area contributed by atoms with Gasteiger partial charge in [0, 0.05) is 24.5 Å². The first-order chi connectivity index (χ1) is 10.3. The van der Waals surface area contributed by atoms with Gasteiger partial charge in [0.25, 0.3) is 0 Å². The summed E-state index contributed by atoms with van der Waals surface area (Å²) in [5, 5.41) is 4.63. The quantitative estimate of drug-likeness (QED) is 0.784. The third-order valence-corrected chi connectivity index (χ3v) is 4.47. The largest absolute Gasteiger partial charge is 0.329 e. The SMILES string of the molecule is CN(Cc1cscn1)C(CN)c1cccc2ccccc12. The van der Waals surface area contributed by atoms with Gasteiger partial charge in [-0.25, -0.2) is 4.98 Å². The molecule has 2 N–H and O–H groups in total. The average Bonchev–Trinajstić information content (AvgIpc) is 3.01. The topological polar surface area (TPSA) is 42.2 Å². The van der Waals surface area contributed by atoms with Crippen LogP contribution >= 0.6 is 11.3 Å². The number of hydrogen-bond acceptors (Lipinski definition) is 4. The second-order valence-corrected chi connectivity index (χ2v) is 5.93. The lowest BCUT2D eigenvalue weighted by Crippen LogP contribution is -2.30. The monoisotopic (exact) mass is 297 g/mol. The Bertz CT molecular complexity index is 704. The number of thiazole rings is 1. The fourth-order valence-corrected chi connectivity index (χ4v) is 3.32. The lowest BCUT2D eigenvalue weighted by atomic mass is 9.98. The molecule has 0 saturated heterocycles. The van der Waals surface area contributed by atoms with Gasteiger partial charge in [0.15, 0.2) is 0 Å². The summed E-state index contributed by atoms with van der Waals surface area (Å²) in [6.45, 7) is 1.41. The zero-order chi connectivity index (χ0) is 14.7. The van der Waals surface area contributed by atoms with E-state index < -0.39 is 0 Å². The van der Waals surface area contributed by atoms with Crippen molar-refractivity contribution in [2.75, 3.05) is 13.6 Å². The highest BCUT2D eigenvalue weighted by Crippen LogP contribution is 2.27. The highest BCUT2D eigenvalue weighted by Gasteiger charge is 2.18. The number of rotatable bonds is 5. The van der Waals surface area contributed by atoms with E-state index in [1.165, 1.54) is 16.3 Å². The Morgan fingerprint density at radius 3 is 2.76 bits per heavy atom. The Morgan fingerprint density at radius 1 is 1.19 bits per heavy atom. The Labute approximate surface area is 129 Å². The van der Waals surface area contributed by atoms with Gasteiger partial charge in [0.2, 0.25) is 0 Å². The number of nitrogens with two attached hydrogens (primary N) is 1. The van der Waals surface area contributed by atoms with Crippen molar-refractivity contribution in [3.63, 3.8) is 0 Å². The first-order valence-corrected chi connectivity index (χ1v) is 7.99. The third-order valence-electron chi connectivity index (χ3n) is 3.83. The molecule has 0 fully saturated rings. The van der Waals surface area contributed by atoms with E-state index in [9.17, 15) is 0 Å². The van der Waals surface area contributed by atoms with Crippen molar-refractivity contribution >= 4 is 22.1 Å². The molecular weight excluding hydrogens is 278 g/mol. The number of likely N-dealkylation sites (N-methyl/N-ethyl adjacent to an activating group) is 1. The van der Waals surface area contributed by atoms with Crippen molar-refractivity contribution in [2.24, 2.45) is 5.73 Å². The molecule has 0 saturated carbocycles. The van der Waals surface area contributed by atoms with Crippen molar-refractivity contribution in [1.29, 1.82) is 0 Å². The maximum atomic E-state index is 6.07. The van der Waals surface area contributed by atoms with E-state index in [4.69, 9.17) is 5.73 Å². The van der Waals surface area contributed by atoms with Gasteiger partial charge in [0.1, 0.15) is 0 Å². The van der Waals surface area contributed by atoms with Crippen LogP contribution in [0.5, 0.6) is 0 Å². The van der Waals surface area contributed by atoms with Gasteiger partial charge in [-0.2, -0.15) is 0 Å². The molecule has 0 bridgehead atoms. The lowest BCUT2D eigenvalue weighted by molar-refractivity contribution is 0.241. The molecule has 0 aliphatic rings. The average molecular weight is 297 g/mol. The Morgan fingerprint density at radius 2 is 2.00 bits per heavy atom. The molecular formula is C17H19N3S. The number of fused-ring (bicyclic) bond motifs is 1. The summed E-state index contributed by atoms with van der Waals surface area (Å²) in [4.78, 5) is 6.64. The van der Waals surface area contributed by atoms with Gasteiger partial charge >= 0.3 is 0 Å². The molecule has 1 aromatic heterocycles. The normalized spacial score (nSPS) is 12.9. The molecule has 4 heteroatoms. The van der Waals surface area contributed by atoms with Crippen LogP contribution in [0.4, 0.5) is 0 Å². The van der Waals surface area contributed by atoms with Crippen molar-refractivity contribution in [3.05, 3.63) is 64.6 Å². The Hall–Kier alpha value is -1.75. The van der Waals surface area contributed by atoms with Crippen molar-refractivity contribution in [2.45, 2.75) is 12.6 Å². The standard InChI is InChI=1S/C17H19N3S/c1-20(10-14-11-21-12-19-14)17(9-18)16-8-4-6-13-5-2-3-7-15(13)16/h2-8,11-12,17H,9-10,18H2,1H3. The maximum Gasteiger partial charge on any atom is 0.0795 e. The van der Waals surface area contributed by atoms with E-state index in [1.807, 2.05) is 5.51 Å². The summed E-state index contributed by atoms with van der Waals surface area (Å²) >= 11 is 1.63. The smallest absolute Gasteiger partial charge is 0.0795 e. The minimum Gasteiger partial charge on any atom is -0.329 e. The summed E-state index contributed by atoms with van der Waals surface area (Å²) in [5.74, 6) is 0. The number of hydrogen-bond donors (Lipinski definition) is 1. The van der Waals surface area contributed by atoms with E-state index in [-0.39, 0.29) is 6.04 Å². The molecule has 1 unspecified atom stereocenters. The maximum absolute atomic E-state index is 6.07. The van der Waals surface area contributed by atoms with E-state index in [1.54, 1.807) is 11.3 Å². The van der Waals surface area contributed by atoms with Crippen LogP contribution in [0.15, 0.2) is 53.4 Å². The molecule has 21 heavy (non-hydrogen) atoms. The molecule has 3 rings (SSSR count). The Kier molecular flexibility index (Phi) is 4.29. The molecule has 0 amide bonds. The predicted molar refractivity (Wildman–Crippen MR) is 89.3 cm³/mol. The summed E-state index contributed by atoms with van der Waals surface area (Å²) in [5.41, 5.74) is 10.3. The summed E-state index contributed by atoms with van der Waals surface area (Å²) in [7, 11) is 2.11. The highest BCUT2D eigenvalue weighted by atomic mass is 32.1. The van der Waals surface area contributed by atoms with Gasteiger partial charge in [-0.15, -0.1) is 11.3 Å². The van der Waals surface area contributed by atoms with Gasteiger partial charge < -0.3 is 5.73 Å². The van der Waals surface area contributed by atoms with E-state index in [0.717, 1.165) is 12.2 Å². The second kappa shape index (κ2) is 6.35. The third kappa shape index (κ3) is 2.97. The number of benzene rings is 2. The first kappa shape index (κ1) is 14.2. The van der Waals surface area contributed by atoms with E-state index in [0.29, 0.717) is 6.54 Å². The fourth-order valence-electron chi connectivity index (χ4n) is 2.77. The van der Waals surface area contributed by atoms with Crippen LogP contribution < -0.4 is 5.73 Å². The molecule has 0 spiro atoms. The van der Waals surface area contributed by atoms with Gasteiger partial charge in [0.05, 0.1) is 11.2 Å². The molecule has 3 aromatic rings. The van der Waals surface area contributed by atoms with Gasteiger partial charge in [-0.05, 0) is 23.4 Å². The van der Waals surface area contributed by atoms with E-state index >= 15 is 0 Å². The van der Waals surface area contributed by atoms with E-state index in [2.05, 4.69) is 64.8 Å². The fraction of sp³-hybridized carbons (Fsp3) is 0.235. The van der Waals surface area contributed by atoms with Crippen LogP contribution in [0.25, 0.3) is 10.8 Å². The number of nitrogens with zero attached hydrogens (tertiary/aromatic N) is 2. The van der Waals surface area contributed by atoms with Crippen LogP contribution in [0.1, 0.15) is 17.3 Å². The lowest BCUT2D eigenvalue weighted by Gasteiger charge is -2.27. The van der Waals surface area contributed by atoms with Crippen LogP contribution in [0, 0.1) is 0 Å². The summed E-state index contributed by atoms with van der Waals surface area (Å²) < 4.78 is 0. The van der Waals surface area contributed by atoms with Crippen LogP contribution in [-0.4, -0.2) is 23.5 Å². The Balaban J connectivity index is 1.94. The highest BCUT2D eigenvalue weighted by molar-refractivity contribution is 7.07. The molecule has 0 radical (unpaired) electrons. The predicted octanol–water partition coefficient (Wildman–Crippen LogP) is 3.43. The van der Waals surface area contributed by atoms with Crippen molar-refractivity contribution < 1.29 is 0 Å². The minimum atomic E-state index is 0.192.